The Hall–Kier alpha value is -1.91. The van der Waals surface area contributed by atoms with Crippen molar-refractivity contribution in [3.05, 3.63) is 34.5 Å². The van der Waals surface area contributed by atoms with Crippen molar-refractivity contribution in [2.75, 3.05) is 0 Å². The van der Waals surface area contributed by atoms with Crippen LogP contribution in [-0.2, 0) is 6.42 Å². The van der Waals surface area contributed by atoms with E-state index in [0.717, 1.165) is 12.1 Å². The van der Waals surface area contributed by atoms with Gasteiger partial charge in [0.15, 0.2) is 11.6 Å². The van der Waals surface area contributed by atoms with Crippen molar-refractivity contribution < 1.29 is 0 Å². The highest BCUT2D eigenvalue weighted by molar-refractivity contribution is 5.42. The lowest BCUT2D eigenvalue weighted by Gasteiger charge is -2.04. The number of nitrogens with one attached hydrogen (secondary N) is 2. The first-order chi connectivity index (χ1) is 7.65. The van der Waals surface area contributed by atoms with Gasteiger partial charge in [-0.1, -0.05) is 13.8 Å². The van der Waals surface area contributed by atoms with Crippen molar-refractivity contribution in [1.82, 2.24) is 19.9 Å². The van der Waals surface area contributed by atoms with Crippen molar-refractivity contribution in [1.29, 1.82) is 0 Å². The fraction of sp³-hybridized carbons (Fsp3) is 0.364. The zero-order valence-electron chi connectivity index (χ0n) is 9.32. The largest absolute Gasteiger partial charge is 0.342 e. The lowest BCUT2D eigenvalue weighted by atomic mass is 10.1. The molecule has 0 atom stereocenters. The Morgan fingerprint density at radius 1 is 1.38 bits per heavy atom. The van der Waals surface area contributed by atoms with Gasteiger partial charge >= 0.3 is 0 Å². The lowest BCUT2D eigenvalue weighted by Crippen LogP contribution is -2.12. The highest BCUT2D eigenvalue weighted by atomic mass is 16.1. The Morgan fingerprint density at radius 2 is 2.19 bits per heavy atom. The highest BCUT2D eigenvalue weighted by Gasteiger charge is 2.06. The van der Waals surface area contributed by atoms with E-state index in [9.17, 15) is 4.79 Å². The van der Waals surface area contributed by atoms with E-state index < -0.39 is 0 Å². The molecule has 0 amide bonds. The monoisotopic (exact) mass is 218 g/mol. The summed E-state index contributed by atoms with van der Waals surface area (Å²) >= 11 is 0. The molecule has 0 bridgehead atoms. The van der Waals surface area contributed by atoms with E-state index >= 15 is 0 Å². The van der Waals surface area contributed by atoms with Gasteiger partial charge in [0.1, 0.15) is 0 Å². The molecule has 0 aromatic carbocycles. The molecule has 0 unspecified atom stereocenters. The van der Waals surface area contributed by atoms with Crippen LogP contribution in [-0.4, -0.2) is 19.9 Å². The predicted octanol–water partition coefficient (Wildman–Crippen LogP) is 1.36. The summed E-state index contributed by atoms with van der Waals surface area (Å²) < 4.78 is 0. The van der Waals surface area contributed by atoms with Gasteiger partial charge < -0.3 is 9.97 Å². The Kier molecular flexibility index (Phi) is 2.85. The van der Waals surface area contributed by atoms with Crippen molar-refractivity contribution in [3.63, 3.8) is 0 Å². The van der Waals surface area contributed by atoms with E-state index in [1.54, 1.807) is 12.4 Å². The smallest absolute Gasteiger partial charge is 0.251 e. The summed E-state index contributed by atoms with van der Waals surface area (Å²) in [6, 6.07) is 1.53. The van der Waals surface area contributed by atoms with Gasteiger partial charge in [0.25, 0.3) is 5.56 Å². The van der Waals surface area contributed by atoms with E-state index in [-0.39, 0.29) is 5.56 Å². The summed E-state index contributed by atoms with van der Waals surface area (Å²) in [5, 5.41) is 0. The van der Waals surface area contributed by atoms with Gasteiger partial charge in [0.05, 0.1) is 0 Å². The Morgan fingerprint density at radius 3 is 2.81 bits per heavy atom. The zero-order valence-corrected chi connectivity index (χ0v) is 9.32. The van der Waals surface area contributed by atoms with E-state index in [0.29, 0.717) is 17.6 Å². The Labute approximate surface area is 93.0 Å². The van der Waals surface area contributed by atoms with Crippen molar-refractivity contribution in [3.8, 4) is 11.6 Å². The molecule has 0 saturated carbocycles. The molecule has 2 aromatic rings. The van der Waals surface area contributed by atoms with E-state index in [1.807, 2.05) is 0 Å². The van der Waals surface area contributed by atoms with Crippen LogP contribution in [0.1, 0.15) is 19.5 Å². The van der Waals surface area contributed by atoms with Crippen LogP contribution >= 0.6 is 0 Å². The van der Waals surface area contributed by atoms with Gasteiger partial charge in [0, 0.05) is 24.2 Å². The van der Waals surface area contributed by atoms with Crippen molar-refractivity contribution >= 4 is 0 Å². The number of aromatic nitrogens is 4. The van der Waals surface area contributed by atoms with Gasteiger partial charge in [0.2, 0.25) is 0 Å². The molecule has 16 heavy (non-hydrogen) atoms. The van der Waals surface area contributed by atoms with E-state index in [2.05, 4.69) is 33.8 Å². The molecule has 84 valence electrons. The molecule has 2 N–H and O–H groups in total. The molecule has 0 saturated heterocycles. The molecule has 2 rings (SSSR count). The van der Waals surface area contributed by atoms with Crippen molar-refractivity contribution in [2.45, 2.75) is 20.3 Å². The first-order valence-corrected chi connectivity index (χ1v) is 5.25. The molecule has 5 nitrogen and oxygen atoms in total. The minimum atomic E-state index is -0.142. The molecule has 2 heterocycles. The van der Waals surface area contributed by atoms with Crippen molar-refractivity contribution in [2.24, 2.45) is 5.92 Å². The lowest BCUT2D eigenvalue weighted by molar-refractivity contribution is 0.633. The van der Waals surface area contributed by atoms with E-state index in [1.165, 1.54) is 6.07 Å². The minimum absolute atomic E-state index is 0.142. The molecule has 0 aliphatic carbocycles. The number of aromatic amines is 2. The summed E-state index contributed by atoms with van der Waals surface area (Å²) in [7, 11) is 0. The van der Waals surface area contributed by atoms with Crippen LogP contribution in [0.3, 0.4) is 0 Å². The molecular formula is C11H14N4O. The Balaban J connectivity index is 2.40. The molecule has 0 aliphatic heterocycles. The number of rotatable bonds is 3. The van der Waals surface area contributed by atoms with Gasteiger partial charge in [-0.2, -0.15) is 0 Å². The topological polar surface area (TPSA) is 74.4 Å². The molecular weight excluding hydrogens is 204 g/mol. The summed E-state index contributed by atoms with van der Waals surface area (Å²) in [5.41, 5.74) is 0.655. The molecule has 5 heteroatoms. The third kappa shape index (κ3) is 2.36. The first-order valence-electron chi connectivity index (χ1n) is 5.25. The molecule has 0 aliphatic rings. The third-order valence-electron chi connectivity index (χ3n) is 2.13. The quantitative estimate of drug-likeness (QED) is 0.816. The number of imidazole rings is 1. The number of nitrogens with zero attached hydrogens (tertiary/aromatic N) is 2. The summed E-state index contributed by atoms with van der Waals surface area (Å²) in [4.78, 5) is 25.5. The van der Waals surface area contributed by atoms with Crippen LogP contribution in [0.5, 0.6) is 0 Å². The van der Waals surface area contributed by atoms with Gasteiger partial charge in [-0.15, -0.1) is 0 Å². The van der Waals surface area contributed by atoms with Crippen LogP contribution < -0.4 is 5.56 Å². The summed E-state index contributed by atoms with van der Waals surface area (Å²) in [5.74, 6) is 1.55. The number of H-pyrrole nitrogens is 2. The predicted molar refractivity (Wildman–Crippen MR) is 61.0 cm³/mol. The van der Waals surface area contributed by atoms with Gasteiger partial charge in [-0.05, 0) is 12.3 Å². The van der Waals surface area contributed by atoms with Crippen LogP contribution in [0.25, 0.3) is 11.6 Å². The second kappa shape index (κ2) is 4.30. The summed E-state index contributed by atoms with van der Waals surface area (Å²) in [6.45, 7) is 4.19. The van der Waals surface area contributed by atoms with Gasteiger partial charge in [-0.25, -0.2) is 9.97 Å². The average molecular weight is 218 g/mol. The molecule has 0 fully saturated rings. The van der Waals surface area contributed by atoms with Crippen LogP contribution in [0, 0.1) is 5.92 Å². The second-order valence-corrected chi connectivity index (χ2v) is 4.12. The van der Waals surface area contributed by atoms with Crippen LogP contribution in [0.4, 0.5) is 0 Å². The highest BCUT2D eigenvalue weighted by Crippen LogP contribution is 2.09. The number of hydrogen-bond acceptors (Lipinski definition) is 3. The maximum absolute atomic E-state index is 11.5. The van der Waals surface area contributed by atoms with E-state index in [4.69, 9.17) is 0 Å². The molecule has 0 spiro atoms. The maximum Gasteiger partial charge on any atom is 0.251 e. The van der Waals surface area contributed by atoms with Crippen LogP contribution in [0.2, 0.25) is 0 Å². The number of hydrogen-bond donors (Lipinski definition) is 2. The normalized spacial score (nSPS) is 10.9. The fourth-order valence-corrected chi connectivity index (χ4v) is 1.54. The maximum atomic E-state index is 11.5. The summed E-state index contributed by atoms with van der Waals surface area (Å²) in [6.07, 6.45) is 4.12. The third-order valence-corrected chi connectivity index (χ3v) is 2.13. The first kappa shape index (κ1) is 10.6. The van der Waals surface area contributed by atoms with Gasteiger partial charge in [-0.3, -0.25) is 4.79 Å². The fourth-order valence-electron chi connectivity index (χ4n) is 1.54. The Bertz CT molecular complexity index is 513. The second-order valence-electron chi connectivity index (χ2n) is 4.12. The average Bonchev–Trinajstić information content (AvgIpc) is 2.67. The zero-order chi connectivity index (χ0) is 11.5. The minimum Gasteiger partial charge on any atom is -0.342 e. The molecule has 0 radical (unpaired) electrons. The standard InChI is InChI=1S/C11H14N4O/c1-7(2)5-8-6-9(16)15-11(14-8)10-12-3-4-13-10/h3-4,6-7H,5H2,1-2H3,(H,12,13)(H,14,15,16). The SMILES string of the molecule is CC(C)Cc1cc(=O)[nH]c(-c2ncc[nH]2)n1. The molecule has 2 aromatic heterocycles. The van der Waals surface area contributed by atoms with Crippen LogP contribution in [0.15, 0.2) is 23.3 Å².